The van der Waals surface area contributed by atoms with Crippen molar-refractivity contribution >= 4 is 32.7 Å². The number of Topliss-reactive ketones (excluding diaryl/α,β-unsaturated/α-hetero) is 1. The molecule has 2 fully saturated rings. The normalized spacial score (nSPS) is 25.8. The number of sulfonamides is 1. The third-order valence-electron chi connectivity index (χ3n) is 7.57. The summed E-state index contributed by atoms with van der Waals surface area (Å²) in [6, 6.07) is 6.59. The second-order valence-electron chi connectivity index (χ2n) is 9.41. The van der Waals surface area contributed by atoms with Crippen LogP contribution in [0.15, 0.2) is 30.5 Å². The van der Waals surface area contributed by atoms with Gasteiger partial charge in [0.05, 0.1) is 12.4 Å². The molecule has 31 heavy (non-hydrogen) atoms. The molecule has 2 N–H and O–H groups in total. The van der Waals surface area contributed by atoms with E-state index in [0.717, 1.165) is 22.9 Å². The second kappa shape index (κ2) is 7.74. The maximum atomic E-state index is 13.2. The van der Waals surface area contributed by atoms with Gasteiger partial charge in [-0.25, -0.2) is 13.1 Å². The molecule has 1 aromatic carbocycles. The van der Waals surface area contributed by atoms with Crippen LogP contribution in [0.25, 0.3) is 10.9 Å². The lowest BCUT2D eigenvalue weighted by molar-refractivity contribution is -0.145. The summed E-state index contributed by atoms with van der Waals surface area (Å²) in [5.41, 5.74) is 0.489. The first kappa shape index (κ1) is 22.0. The number of ketones is 1. The summed E-state index contributed by atoms with van der Waals surface area (Å²) in [6.45, 7) is 5.84. The average molecular weight is 447 g/mol. The molecule has 168 valence electrons. The Hall–Kier alpha value is -2.19. The van der Waals surface area contributed by atoms with Crippen LogP contribution in [0, 0.1) is 16.7 Å². The van der Waals surface area contributed by atoms with Crippen molar-refractivity contribution in [2.24, 2.45) is 16.7 Å². The third-order valence-corrected chi connectivity index (χ3v) is 9.08. The van der Waals surface area contributed by atoms with Crippen molar-refractivity contribution in [3.05, 3.63) is 36.0 Å². The summed E-state index contributed by atoms with van der Waals surface area (Å²) in [4.78, 5) is 28.6. The van der Waals surface area contributed by atoms with E-state index in [0.29, 0.717) is 12.8 Å². The molecule has 0 amide bonds. The van der Waals surface area contributed by atoms with Gasteiger partial charge in [0.1, 0.15) is 11.8 Å². The zero-order valence-corrected chi connectivity index (χ0v) is 19.1. The lowest BCUT2D eigenvalue weighted by Crippen LogP contribution is -2.50. The topological polar surface area (TPSA) is 105 Å². The number of rotatable bonds is 8. The van der Waals surface area contributed by atoms with E-state index in [2.05, 4.69) is 9.71 Å². The SMILES string of the molecule is CCOC(=O)C(Cc1c[nH]c2ccccc12)NS(=O)(=O)C[C@@]12CCC(CC1=O)C2(C)C. The standard InChI is InChI=1S/C23H30N2O5S/c1-4-30-21(27)19(11-15-13-24-18-8-6-5-7-17(15)18)25-31(28,29)14-23-10-9-16(12-20(23)26)22(23,2)3/h5-8,13,16,19,24-25H,4,9-12,14H2,1-3H3/t16?,19?,23-/m0/s1. The van der Waals surface area contributed by atoms with Crippen LogP contribution in [0.5, 0.6) is 0 Å². The van der Waals surface area contributed by atoms with Gasteiger partial charge in [-0.3, -0.25) is 9.59 Å². The van der Waals surface area contributed by atoms with Crippen molar-refractivity contribution in [2.75, 3.05) is 12.4 Å². The number of ether oxygens (including phenoxy) is 1. The van der Waals surface area contributed by atoms with Crippen LogP contribution in [0.1, 0.15) is 45.6 Å². The highest BCUT2D eigenvalue weighted by Gasteiger charge is 2.65. The minimum Gasteiger partial charge on any atom is -0.465 e. The molecule has 2 aliphatic carbocycles. The van der Waals surface area contributed by atoms with Crippen LogP contribution >= 0.6 is 0 Å². The van der Waals surface area contributed by atoms with Gasteiger partial charge in [0.25, 0.3) is 0 Å². The molecule has 0 spiro atoms. The number of H-pyrrole nitrogens is 1. The number of benzene rings is 1. The smallest absolute Gasteiger partial charge is 0.324 e. The Morgan fingerprint density at radius 2 is 2.06 bits per heavy atom. The summed E-state index contributed by atoms with van der Waals surface area (Å²) >= 11 is 0. The van der Waals surface area contributed by atoms with Gasteiger partial charge in [0.15, 0.2) is 0 Å². The first-order valence-electron chi connectivity index (χ1n) is 10.8. The zero-order valence-electron chi connectivity index (χ0n) is 18.2. The van der Waals surface area contributed by atoms with Gasteiger partial charge in [0.2, 0.25) is 10.0 Å². The fourth-order valence-electron chi connectivity index (χ4n) is 5.63. The minimum absolute atomic E-state index is 0.0310. The molecule has 0 radical (unpaired) electrons. The van der Waals surface area contributed by atoms with Crippen LogP contribution in [-0.4, -0.2) is 43.6 Å². The summed E-state index contributed by atoms with van der Waals surface area (Å²) in [5.74, 6) is -0.646. The van der Waals surface area contributed by atoms with Crippen molar-refractivity contribution in [1.29, 1.82) is 0 Å². The van der Waals surface area contributed by atoms with Gasteiger partial charge in [-0.05, 0) is 42.7 Å². The van der Waals surface area contributed by atoms with Gasteiger partial charge in [0, 0.05) is 35.4 Å². The Bertz CT molecular complexity index is 1120. The van der Waals surface area contributed by atoms with Crippen LogP contribution in [0.2, 0.25) is 0 Å². The number of para-hydroxylation sites is 1. The number of esters is 1. The Labute approximate surface area is 183 Å². The quantitative estimate of drug-likeness (QED) is 0.607. The molecule has 2 bridgehead atoms. The van der Waals surface area contributed by atoms with Crippen LogP contribution < -0.4 is 4.72 Å². The molecule has 8 heteroatoms. The second-order valence-corrected chi connectivity index (χ2v) is 11.2. The Balaban J connectivity index is 1.59. The predicted octanol–water partition coefficient (Wildman–Crippen LogP) is 2.96. The van der Waals surface area contributed by atoms with Crippen LogP contribution in [0.4, 0.5) is 0 Å². The van der Waals surface area contributed by atoms with Gasteiger partial charge in [-0.2, -0.15) is 0 Å². The highest BCUT2D eigenvalue weighted by molar-refractivity contribution is 7.89. The maximum Gasteiger partial charge on any atom is 0.324 e. The summed E-state index contributed by atoms with van der Waals surface area (Å²) in [7, 11) is -3.91. The summed E-state index contributed by atoms with van der Waals surface area (Å²) < 4.78 is 34.2. The molecule has 0 saturated heterocycles. The van der Waals surface area contributed by atoms with Crippen molar-refractivity contribution in [1.82, 2.24) is 9.71 Å². The number of carbonyl (C=O) groups excluding carboxylic acids is 2. The van der Waals surface area contributed by atoms with Crippen molar-refractivity contribution in [3.63, 3.8) is 0 Å². The Kier molecular flexibility index (Phi) is 5.50. The van der Waals surface area contributed by atoms with E-state index in [1.54, 1.807) is 13.1 Å². The highest BCUT2D eigenvalue weighted by Crippen LogP contribution is 2.64. The number of nitrogens with one attached hydrogen (secondary N) is 2. The van der Waals surface area contributed by atoms with E-state index in [9.17, 15) is 18.0 Å². The Morgan fingerprint density at radius 1 is 1.32 bits per heavy atom. The molecule has 4 rings (SSSR count). The maximum absolute atomic E-state index is 13.2. The van der Waals surface area contributed by atoms with Crippen molar-refractivity contribution in [3.8, 4) is 0 Å². The third kappa shape index (κ3) is 3.69. The lowest BCUT2D eigenvalue weighted by Gasteiger charge is -2.36. The average Bonchev–Trinajstić information content (AvgIpc) is 3.27. The zero-order chi connectivity index (χ0) is 22.4. The molecule has 2 unspecified atom stereocenters. The molecule has 1 aromatic heterocycles. The van der Waals surface area contributed by atoms with E-state index >= 15 is 0 Å². The minimum atomic E-state index is -3.91. The number of hydrogen-bond donors (Lipinski definition) is 2. The Morgan fingerprint density at radius 3 is 2.71 bits per heavy atom. The molecule has 0 aliphatic heterocycles. The largest absolute Gasteiger partial charge is 0.465 e. The van der Waals surface area contributed by atoms with Gasteiger partial charge < -0.3 is 9.72 Å². The molecular weight excluding hydrogens is 416 g/mol. The van der Waals surface area contributed by atoms with E-state index in [1.807, 2.05) is 38.1 Å². The molecule has 1 heterocycles. The van der Waals surface area contributed by atoms with E-state index in [4.69, 9.17) is 4.74 Å². The first-order valence-corrected chi connectivity index (χ1v) is 12.5. The number of fused-ring (bicyclic) bond motifs is 3. The number of hydrogen-bond acceptors (Lipinski definition) is 5. The first-order chi connectivity index (χ1) is 14.6. The number of carbonyl (C=O) groups is 2. The molecule has 2 aromatic rings. The molecular formula is C23H30N2O5S. The van der Waals surface area contributed by atoms with E-state index < -0.39 is 27.4 Å². The molecule has 3 atom stereocenters. The van der Waals surface area contributed by atoms with Crippen molar-refractivity contribution < 1.29 is 22.7 Å². The summed E-state index contributed by atoms with van der Waals surface area (Å²) in [6.07, 6.45) is 3.84. The molecule has 2 aliphatic rings. The van der Waals surface area contributed by atoms with Gasteiger partial charge in [-0.1, -0.05) is 32.0 Å². The van der Waals surface area contributed by atoms with Gasteiger partial charge in [-0.15, -0.1) is 0 Å². The lowest BCUT2D eigenvalue weighted by atomic mass is 9.70. The highest BCUT2D eigenvalue weighted by atomic mass is 32.2. The van der Waals surface area contributed by atoms with E-state index in [1.165, 1.54) is 0 Å². The number of aromatic amines is 1. The molecule has 2 saturated carbocycles. The fourth-order valence-corrected chi connectivity index (χ4v) is 7.65. The van der Waals surface area contributed by atoms with Crippen molar-refractivity contribution in [2.45, 2.75) is 52.5 Å². The number of aromatic nitrogens is 1. The predicted molar refractivity (Wildman–Crippen MR) is 118 cm³/mol. The fraction of sp³-hybridized carbons (Fsp3) is 0.565. The van der Waals surface area contributed by atoms with Crippen LogP contribution in [-0.2, 0) is 30.8 Å². The summed E-state index contributed by atoms with van der Waals surface area (Å²) in [5, 5.41) is 0.931. The van der Waals surface area contributed by atoms with Crippen LogP contribution in [0.3, 0.4) is 0 Å². The van der Waals surface area contributed by atoms with E-state index in [-0.39, 0.29) is 35.9 Å². The monoisotopic (exact) mass is 446 g/mol. The van der Waals surface area contributed by atoms with Gasteiger partial charge >= 0.3 is 5.97 Å². The molecule has 7 nitrogen and oxygen atoms in total.